The summed E-state index contributed by atoms with van der Waals surface area (Å²) in [6.07, 6.45) is 2.86. The topological polar surface area (TPSA) is 157 Å². The number of fused-ring (bicyclic) bond motifs is 1. The maximum atomic E-state index is 14.0. The zero-order valence-corrected chi connectivity index (χ0v) is 24.1. The summed E-state index contributed by atoms with van der Waals surface area (Å²) in [5, 5.41) is 5.04. The fraction of sp³-hybridized carbons (Fsp3) is 0.207. The number of aromatic nitrogens is 4. The summed E-state index contributed by atoms with van der Waals surface area (Å²) in [7, 11) is -3.77. The summed E-state index contributed by atoms with van der Waals surface area (Å²) in [5.74, 6) is -0.565. The first-order chi connectivity index (χ1) is 20.6. The van der Waals surface area contributed by atoms with E-state index in [4.69, 9.17) is 15.2 Å². The van der Waals surface area contributed by atoms with Crippen LogP contribution in [0.3, 0.4) is 0 Å². The van der Waals surface area contributed by atoms with E-state index >= 15 is 0 Å². The minimum absolute atomic E-state index is 0.0452. The van der Waals surface area contributed by atoms with E-state index in [1.807, 2.05) is 0 Å². The lowest BCUT2D eigenvalue weighted by Gasteiger charge is -2.26. The molecule has 4 N–H and O–H groups in total. The minimum atomic E-state index is -3.77. The number of H-pyrrole nitrogens is 1. The van der Waals surface area contributed by atoms with Crippen LogP contribution in [0, 0.1) is 19.7 Å². The van der Waals surface area contributed by atoms with Crippen LogP contribution in [0.4, 0.5) is 15.9 Å². The van der Waals surface area contributed by atoms with Crippen LogP contribution in [0.5, 0.6) is 11.6 Å². The van der Waals surface area contributed by atoms with Crippen molar-refractivity contribution in [2.75, 3.05) is 36.8 Å². The highest BCUT2D eigenvalue weighted by Gasteiger charge is 2.25. The summed E-state index contributed by atoms with van der Waals surface area (Å²) in [5.41, 5.74) is 9.67. The Morgan fingerprint density at radius 3 is 2.60 bits per heavy atom. The number of carbonyl (C=O) groups excluding carboxylic acids is 1. The molecule has 0 spiro atoms. The van der Waals surface area contributed by atoms with E-state index in [1.54, 1.807) is 50.2 Å². The minimum Gasteiger partial charge on any atom is -0.436 e. The number of hydrogen-bond acceptors (Lipinski definition) is 8. The van der Waals surface area contributed by atoms with Crippen molar-refractivity contribution >= 4 is 38.4 Å². The number of morpholine rings is 1. The number of aryl methyl sites for hydroxylation is 2. The zero-order chi connectivity index (χ0) is 30.3. The highest BCUT2D eigenvalue weighted by molar-refractivity contribution is 7.90. The predicted octanol–water partition coefficient (Wildman–Crippen LogP) is 4.10. The number of carbonyl (C=O) groups is 1. The molecule has 0 radical (unpaired) electrons. The molecule has 5 aromatic rings. The Labute approximate surface area is 246 Å². The van der Waals surface area contributed by atoms with Crippen molar-refractivity contribution in [3.8, 4) is 17.3 Å². The van der Waals surface area contributed by atoms with Crippen molar-refractivity contribution in [3.05, 3.63) is 89.1 Å². The Balaban J connectivity index is 1.24. The van der Waals surface area contributed by atoms with Crippen molar-refractivity contribution in [1.29, 1.82) is 0 Å². The van der Waals surface area contributed by atoms with E-state index in [-0.39, 0.29) is 41.8 Å². The Hall–Kier alpha value is -4.79. The van der Waals surface area contributed by atoms with Crippen molar-refractivity contribution < 1.29 is 27.1 Å². The number of ketones is 1. The molecule has 0 bridgehead atoms. The van der Waals surface area contributed by atoms with Crippen LogP contribution in [0.1, 0.15) is 27.2 Å². The van der Waals surface area contributed by atoms with Gasteiger partial charge >= 0.3 is 10.2 Å². The number of nitrogen functional groups attached to an aromatic ring is 1. The molecule has 0 unspecified atom stereocenters. The van der Waals surface area contributed by atoms with Gasteiger partial charge in [-0.2, -0.15) is 17.8 Å². The number of hydrogen-bond donors (Lipinski definition) is 3. The fourth-order valence-electron chi connectivity index (χ4n) is 4.83. The molecule has 12 nitrogen and oxygen atoms in total. The molecule has 1 aliphatic rings. The van der Waals surface area contributed by atoms with Crippen LogP contribution in [-0.4, -0.2) is 64.6 Å². The number of ether oxygens (including phenoxy) is 2. The third-order valence-corrected chi connectivity index (χ3v) is 8.67. The molecule has 43 heavy (non-hydrogen) atoms. The van der Waals surface area contributed by atoms with Gasteiger partial charge in [0.25, 0.3) is 0 Å². The fourth-order valence-corrected chi connectivity index (χ4v) is 6.08. The van der Waals surface area contributed by atoms with E-state index < -0.39 is 21.8 Å². The monoisotopic (exact) mass is 605 g/mol. The molecule has 3 aromatic heterocycles. The quantitative estimate of drug-likeness (QED) is 0.223. The molecule has 0 atom stereocenters. The van der Waals surface area contributed by atoms with Gasteiger partial charge in [-0.05, 0) is 55.3 Å². The number of halogens is 1. The second kappa shape index (κ2) is 11.1. The lowest BCUT2D eigenvalue weighted by Crippen LogP contribution is -2.43. The first-order valence-corrected chi connectivity index (χ1v) is 14.8. The van der Waals surface area contributed by atoms with Gasteiger partial charge in [-0.3, -0.25) is 9.52 Å². The summed E-state index contributed by atoms with van der Waals surface area (Å²) in [4.78, 5) is 20.8. The molecule has 1 aliphatic heterocycles. The number of nitrogens with one attached hydrogen (secondary N) is 2. The molecular weight excluding hydrogens is 577 g/mol. The van der Waals surface area contributed by atoms with Crippen molar-refractivity contribution in [3.63, 3.8) is 0 Å². The van der Waals surface area contributed by atoms with Gasteiger partial charge in [0.2, 0.25) is 11.7 Å². The number of para-hydroxylation sites is 1. The number of nitrogens with zero attached hydrogens (tertiary/aromatic N) is 4. The standard InChI is InChI=1S/C29H28FN7O5S/c1-17-11-19-13-24(34-23(19)14-22(17)35-43(39,40)36-7-9-41-10-8-36)28(38)20-15-33-37(29(20)31)25-16-32-27(12-18(25)2)42-26-6-4-3-5-21(26)30/h3-6,11-16,34-35H,7-10,31H2,1-2H3. The van der Waals surface area contributed by atoms with Crippen LogP contribution in [-0.2, 0) is 14.9 Å². The van der Waals surface area contributed by atoms with Crippen molar-refractivity contribution in [2.24, 2.45) is 0 Å². The van der Waals surface area contributed by atoms with Crippen LogP contribution in [0.2, 0.25) is 0 Å². The molecule has 2 aromatic carbocycles. The smallest absolute Gasteiger partial charge is 0.301 e. The molecule has 14 heteroatoms. The van der Waals surface area contributed by atoms with Crippen LogP contribution < -0.4 is 15.2 Å². The number of pyridine rings is 1. The van der Waals surface area contributed by atoms with Crippen molar-refractivity contribution in [2.45, 2.75) is 13.8 Å². The molecule has 0 amide bonds. The molecule has 1 saturated heterocycles. The third-order valence-electron chi connectivity index (χ3n) is 7.15. The molecule has 0 aliphatic carbocycles. The number of aromatic amines is 1. The van der Waals surface area contributed by atoms with E-state index in [0.29, 0.717) is 41.2 Å². The Morgan fingerprint density at radius 2 is 1.86 bits per heavy atom. The Bertz CT molecular complexity index is 1970. The Kier molecular flexibility index (Phi) is 7.33. The van der Waals surface area contributed by atoms with E-state index in [2.05, 4.69) is 19.8 Å². The lowest BCUT2D eigenvalue weighted by molar-refractivity contribution is 0.0733. The largest absolute Gasteiger partial charge is 0.436 e. The van der Waals surface area contributed by atoms with E-state index in [9.17, 15) is 17.6 Å². The number of anilines is 2. The van der Waals surface area contributed by atoms with Gasteiger partial charge < -0.3 is 20.2 Å². The van der Waals surface area contributed by atoms with E-state index in [1.165, 1.54) is 33.5 Å². The van der Waals surface area contributed by atoms with Gasteiger partial charge in [0.1, 0.15) is 5.82 Å². The van der Waals surface area contributed by atoms with Crippen molar-refractivity contribution in [1.82, 2.24) is 24.1 Å². The highest BCUT2D eigenvalue weighted by atomic mass is 32.2. The molecule has 4 heterocycles. The second-order valence-corrected chi connectivity index (χ2v) is 11.8. The normalized spacial score (nSPS) is 14.2. The number of nitrogens with two attached hydrogens (primary N) is 1. The van der Waals surface area contributed by atoms with Gasteiger partial charge in [0.05, 0.1) is 48.2 Å². The summed E-state index contributed by atoms with van der Waals surface area (Å²) in [6, 6.07) is 12.8. The summed E-state index contributed by atoms with van der Waals surface area (Å²) >= 11 is 0. The van der Waals surface area contributed by atoms with Gasteiger partial charge in [-0.25, -0.2) is 14.1 Å². The molecule has 1 fully saturated rings. The molecule has 222 valence electrons. The Morgan fingerprint density at radius 1 is 1.09 bits per heavy atom. The maximum absolute atomic E-state index is 14.0. The highest BCUT2D eigenvalue weighted by Crippen LogP contribution is 2.29. The zero-order valence-electron chi connectivity index (χ0n) is 23.3. The van der Waals surface area contributed by atoms with Gasteiger partial charge in [-0.15, -0.1) is 0 Å². The number of rotatable bonds is 8. The first-order valence-electron chi connectivity index (χ1n) is 13.4. The summed E-state index contributed by atoms with van der Waals surface area (Å²) in [6.45, 7) is 4.80. The summed E-state index contributed by atoms with van der Waals surface area (Å²) < 4.78 is 55.9. The van der Waals surface area contributed by atoms with Crippen LogP contribution >= 0.6 is 0 Å². The van der Waals surface area contributed by atoms with E-state index in [0.717, 1.165) is 5.39 Å². The molecule has 0 saturated carbocycles. The average molecular weight is 606 g/mol. The number of benzene rings is 2. The lowest BCUT2D eigenvalue weighted by atomic mass is 10.1. The van der Waals surface area contributed by atoms with Gasteiger partial charge in [0.15, 0.2) is 11.6 Å². The molecular formula is C29H28FN7O5S. The second-order valence-electron chi connectivity index (χ2n) is 10.1. The average Bonchev–Trinajstić information content (AvgIpc) is 3.57. The SMILES string of the molecule is Cc1cc2cc(C(=O)c3cnn(-c4cnc(Oc5ccccc5F)cc4C)c3N)[nH]c2cc1NS(=O)(=O)N1CCOCC1. The first kappa shape index (κ1) is 28.3. The maximum Gasteiger partial charge on any atom is 0.301 e. The van der Waals surface area contributed by atoms with Crippen LogP contribution in [0.25, 0.3) is 16.6 Å². The van der Waals surface area contributed by atoms with Gasteiger partial charge in [-0.1, -0.05) is 12.1 Å². The third kappa shape index (κ3) is 5.55. The van der Waals surface area contributed by atoms with Crippen LogP contribution in [0.15, 0.2) is 60.9 Å². The molecule has 6 rings (SSSR count). The van der Waals surface area contributed by atoms with Gasteiger partial charge in [0, 0.05) is 30.1 Å². The predicted molar refractivity (Wildman–Crippen MR) is 158 cm³/mol.